The van der Waals surface area contributed by atoms with E-state index in [2.05, 4.69) is 20.5 Å². The number of tetrazole rings is 1. The molecule has 1 N–H and O–H groups in total. The van der Waals surface area contributed by atoms with Crippen LogP contribution in [-0.2, 0) is 11.3 Å². The molecule has 2 aromatic heterocycles. The Morgan fingerprint density at radius 1 is 1.17 bits per heavy atom. The molecule has 4 rings (SSSR count). The van der Waals surface area contributed by atoms with E-state index in [1.165, 1.54) is 17.2 Å². The molecule has 1 saturated heterocycles. The summed E-state index contributed by atoms with van der Waals surface area (Å²) in [5, 5.41) is 25.5. The number of hydrogen-bond donors (Lipinski definition) is 1. The lowest BCUT2D eigenvalue weighted by Crippen LogP contribution is -2.41. The first kappa shape index (κ1) is 18.8. The SMILES string of the molecule is Cc1ccc(-c2nnn(CC(=O)N3CCC(n4cc(C(=O)O)cn4)CC3)n2)cc1. The average Bonchev–Trinajstić information content (AvgIpc) is 3.39. The fourth-order valence-electron chi connectivity index (χ4n) is 3.38. The minimum Gasteiger partial charge on any atom is -0.478 e. The molecule has 0 atom stereocenters. The number of benzene rings is 1. The second kappa shape index (κ2) is 7.82. The molecule has 3 aromatic rings. The Bertz CT molecular complexity index is 1020. The fourth-order valence-corrected chi connectivity index (χ4v) is 3.38. The first-order valence-electron chi connectivity index (χ1n) is 9.39. The van der Waals surface area contributed by atoms with Crippen LogP contribution in [0.15, 0.2) is 36.7 Å². The number of carbonyl (C=O) groups excluding carboxylic acids is 1. The standard InChI is InChI=1S/C19H21N7O3/c1-13-2-4-14(5-3-13)18-21-23-26(22-18)12-17(27)24-8-6-16(7-9-24)25-11-15(10-20-25)19(28)29/h2-5,10-11,16H,6-9,12H2,1H3,(H,28,29). The molecule has 10 nitrogen and oxygen atoms in total. The van der Waals surface area contributed by atoms with Crippen molar-refractivity contribution in [3.05, 3.63) is 47.8 Å². The van der Waals surface area contributed by atoms with Crippen molar-refractivity contribution in [3.8, 4) is 11.4 Å². The quantitative estimate of drug-likeness (QED) is 0.693. The number of aryl methyl sites for hydroxylation is 1. The van der Waals surface area contributed by atoms with Crippen molar-refractivity contribution >= 4 is 11.9 Å². The van der Waals surface area contributed by atoms with Crippen LogP contribution < -0.4 is 0 Å². The van der Waals surface area contributed by atoms with E-state index in [0.29, 0.717) is 31.8 Å². The van der Waals surface area contributed by atoms with Gasteiger partial charge in [-0.3, -0.25) is 9.48 Å². The Morgan fingerprint density at radius 2 is 1.90 bits per heavy atom. The number of aromatic nitrogens is 6. The van der Waals surface area contributed by atoms with Crippen molar-refractivity contribution < 1.29 is 14.7 Å². The van der Waals surface area contributed by atoms with Crippen LogP contribution >= 0.6 is 0 Å². The lowest BCUT2D eigenvalue weighted by molar-refractivity contribution is -0.133. The summed E-state index contributed by atoms with van der Waals surface area (Å²) in [6.45, 7) is 3.19. The summed E-state index contributed by atoms with van der Waals surface area (Å²) in [4.78, 5) is 26.7. The Kier molecular flexibility index (Phi) is 5.07. The summed E-state index contributed by atoms with van der Waals surface area (Å²) in [6.07, 6.45) is 4.32. The molecule has 0 unspecified atom stereocenters. The number of carbonyl (C=O) groups is 2. The van der Waals surface area contributed by atoms with Gasteiger partial charge in [0.25, 0.3) is 0 Å². The smallest absolute Gasteiger partial charge is 0.338 e. The van der Waals surface area contributed by atoms with Crippen molar-refractivity contribution in [3.63, 3.8) is 0 Å². The molecule has 1 fully saturated rings. The van der Waals surface area contributed by atoms with Crippen LogP contribution in [-0.4, -0.2) is 65.0 Å². The van der Waals surface area contributed by atoms with Gasteiger partial charge in [-0.2, -0.15) is 9.90 Å². The van der Waals surface area contributed by atoms with Gasteiger partial charge in [0.2, 0.25) is 11.7 Å². The van der Waals surface area contributed by atoms with Crippen molar-refractivity contribution in [1.82, 2.24) is 34.9 Å². The molecule has 0 aliphatic carbocycles. The second-order valence-electron chi connectivity index (χ2n) is 7.14. The Balaban J connectivity index is 1.33. The fraction of sp³-hybridized carbons (Fsp3) is 0.368. The molecular formula is C19H21N7O3. The second-order valence-corrected chi connectivity index (χ2v) is 7.14. The molecule has 29 heavy (non-hydrogen) atoms. The molecule has 1 aromatic carbocycles. The summed E-state index contributed by atoms with van der Waals surface area (Å²) in [5.74, 6) is -0.568. The molecular weight excluding hydrogens is 374 g/mol. The lowest BCUT2D eigenvalue weighted by atomic mass is 10.1. The van der Waals surface area contributed by atoms with E-state index in [1.54, 1.807) is 9.58 Å². The van der Waals surface area contributed by atoms with Gasteiger partial charge in [0, 0.05) is 24.8 Å². The minimum absolute atomic E-state index is 0.0362. The Hall–Kier alpha value is -3.56. The Morgan fingerprint density at radius 3 is 2.55 bits per heavy atom. The molecule has 150 valence electrons. The van der Waals surface area contributed by atoms with E-state index in [0.717, 1.165) is 11.1 Å². The molecule has 1 aliphatic rings. The van der Waals surface area contributed by atoms with E-state index >= 15 is 0 Å². The first-order valence-corrected chi connectivity index (χ1v) is 9.39. The van der Waals surface area contributed by atoms with E-state index in [9.17, 15) is 9.59 Å². The summed E-state index contributed by atoms with van der Waals surface area (Å²) in [5.41, 5.74) is 2.18. The summed E-state index contributed by atoms with van der Waals surface area (Å²) >= 11 is 0. The van der Waals surface area contributed by atoms with Crippen LogP contribution in [0.5, 0.6) is 0 Å². The summed E-state index contributed by atoms with van der Waals surface area (Å²) in [6, 6.07) is 7.89. The van der Waals surface area contributed by atoms with Crippen LogP contribution in [0.4, 0.5) is 0 Å². The molecule has 0 spiro atoms. The van der Waals surface area contributed by atoms with Gasteiger partial charge in [-0.15, -0.1) is 10.2 Å². The highest BCUT2D eigenvalue weighted by molar-refractivity contribution is 5.86. The normalized spacial score (nSPS) is 14.9. The molecule has 1 aliphatic heterocycles. The van der Waals surface area contributed by atoms with Gasteiger partial charge in [-0.05, 0) is 25.0 Å². The number of aromatic carboxylic acids is 1. The zero-order valence-corrected chi connectivity index (χ0v) is 16.0. The summed E-state index contributed by atoms with van der Waals surface area (Å²) < 4.78 is 1.68. The van der Waals surface area contributed by atoms with Gasteiger partial charge < -0.3 is 10.0 Å². The Labute approximate surface area is 166 Å². The highest BCUT2D eigenvalue weighted by Crippen LogP contribution is 2.22. The summed E-state index contributed by atoms with van der Waals surface area (Å²) in [7, 11) is 0. The molecule has 0 bridgehead atoms. The van der Waals surface area contributed by atoms with Gasteiger partial charge in [-0.25, -0.2) is 4.79 Å². The lowest BCUT2D eigenvalue weighted by Gasteiger charge is -2.31. The van der Waals surface area contributed by atoms with Crippen molar-refractivity contribution in [2.75, 3.05) is 13.1 Å². The number of nitrogens with zero attached hydrogens (tertiary/aromatic N) is 7. The van der Waals surface area contributed by atoms with Crippen LogP contribution in [0.2, 0.25) is 0 Å². The minimum atomic E-state index is -0.991. The van der Waals surface area contributed by atoms with Gasteiger partial charge >= 0.3 is 5.97 Å². The van der Waals surface area contributed by atoms with E-state index in [4.69, 9.17) is 5.11 Å². The van der Waals surface area contributed by atoms with E-state index in [-0.39, 0.29) is 24.1 Å². The maximum Gasteiger partial charge on any atom is 0.338 e. The highest BCUT2D eigenvalue weighted by Gasteiger charge is 2.25. The van der Waals surface area contributed by atoms with Gasteiger partial charge in [-0.1, -0.05) is 29.8 Å². The number of hydrogen-bond acceptors (Lipinski definition) is 6. The maximum atomic E-state index is 12.6. The van der Waals surface area contributed by atoms with Crippen molar-refractivity contribution in [2.24, 2.45) is 0 Å². The average molecular weight is 395 g/mol. The third kappa shape index (κ3) is 4.15. The number of carboxylic acids is 1. The zero-order chi connectivity index (χ0) is 20.4. The van der Waals surface area contributed by atoms with Crippen molar-refractivity contribution in [2.45, 2.75) is 32.4 Å². The van der Waals surface area contributed by atoms with Crippen LogP contribution in [0.1, 0.15) is 34.8 Å². The maximum absolute atomic E-state index is 12.6. The molecule has 1 amide bonds. The van der Waals surface area contributed by atoms with Gasteiger partial charge in [0.1, 0.15) is 6.54 Å². The monoisotopic (exact) mass is 395 g/mol. The van der Waals surface area contributed by atoms with Crippen molar-refractivity contribution in [1.29, 1.82) is 0 Å². The molecule has 0 saturated carbocycles. The number of rotatable bonds is 5. The largest absolute Gasteiger partial charge is 0.478 e. The topological polar surface area (TPSA) is 119 Å². The predicted molar refractivity (Wildman–Crippen MR) is 102 cm³/mol. The highest BCUT2D eigenvalue weighted by atomic mass is 16.4. The van der Waals surface area contributed by atoms with Crippen LogP contribution in [0.3, 0.4) is 0 Å². The number of amides is 1. The number of carboxylic acid groups (broad SMARTS) is 1. The van der Waals surface area contributed by atoms with E-state index < -0.39 is 5.97 Å². The van der Waals surface area contributed by atoms with Gasteiger partial charge in [0.15, 0.2) is 0 Å². The van der Waals surface area contributed by atoms with E-state index in [1.807, 2.05) is 31.2 Å². The molecule has 3 heterocycles. The zero-order valence-electron chi connectivity index (χ0n) is 16.0. The molecule has 0 radical (unpaired) electrons. The number of piperidine rings is 1. The third-order valence-electron chi connectivity index (χ3n) is 5.08. The third-order valence-corrected chi connectivity index (χ3v) is 5.08. The first-order chi connectivity index (χ1) is 14.0. The number of likely N-dealkylation sites (tertiary alicyclic amines) is 1. The van der Waals surface area contributed by atoms with Crippen LogP contribution in [0, 0.1) is 6.92 Å². The van der Waals surface area contributed by atoms with Gasteiger partial charge in [0.05, 0.1) is 17.8 Å². The van der Waals surface area contributed by atoms with Crippen LogP contribution in [0.25, 0.3) is 11.4 Å². The predicted octanol–water partition coefficient (Wildman–Crippen LogP) is 1.41. The molecule has 10 heteroatoms.